The number of nitrogens with two attached hydrogens (primary N) is 2. The van der Waals surface area contributed by atoms with Crippen LogP contribution in [0.1, 0.15) is 12.8 Å². The van der Waals surface area contributed by atoms with Gasteiger partial charge in [0.15, 0.2) is 0 Å². The Bertz CT molecular complexity index is 59.0. The number of rotatable bonds is 5. The van der Waals surface area contributed by atoms with E-state index in [0.29, 0.717) is 6.54 Å². The summed E-state index contributed by atoms with van der Waals surface area (Å²) in [6.07, 6.45) is 1.80. The molecule has 0 unspecified atom stereocenters. The summed E-state index contributed by atoms with van der Waals surface area (Å²) in [6.45, 7) is 1.41. The Balaban J connectivity index is 2.95. The number of hydrogen-bond donors (Lipinski definition) is 2. The average molecular weight is 132 g/mol. The monoisotopic (exact) mass is 132 g/mol. The van der Waals surface area contributed by atoms with E-state index in [1.807, 2.05) is 0 Å². The van der Waals surface area contributed by atoms with Gasteiger partial charge in [-0.1, -0.05) is 0 Å². The lowest BCUT2D eigenvalue weighted by molar-refractivity contribution is 0.187. The Morgan fingerprint density at radius 3 is 2.56 bits per heavy atom. The molecule has 4 N–H and O–H groups in total. The van der Waals surface area contributed by atoms with Gasteiger partial charge in [-0.15, -0.1) is 0 Å². The van der Waals surface area contributed by atoms with Crippen molar-refractivity contribution in [3.05, 3.63) is 0 Å². The molecule has 9 heavy (non-hydrogen) atoms. The molecule has 0 heterocycles. The lowest BCUT2D eigenvalue weighted by Gasteiger charge is -2.07. The lowest BCUT2D eigenvalue weighted by Crippen LogP contribution is -2.24. The smallest absolute Gasteiger partial charge is 0.0477 e. The van der Waals surface area contributed by atoms with Gasteiger partial charge < -0.3 is 16.2 Å². The van der Waals surface area contributed by atoms with Gasteiger partial charge in [-0.2, -0.15) is 0 Å². The predicted octanol–water partition coefficient (Wildman–Crippen LogP) is -0.301. The first-order chi connectivity index (χ1) is 4.31. The van der Waals surface area contributed by atoms with E-state index in [1.165, 1.54) is 0 Å². The molecule has 0 amide bonds. The van der Waals surface area contributed by atoms with Gasteiger partial charge in [0.05, 0.1) is 0 Å². The third-order valence-electron chi connectivity index (χ3n) is 1.23. The summed E-state index contributed by atoms with van der Waals surface area (Å²) in [5.74, 6) is 0. The van der Waals surface area contributed by atoms with Gasteiger partial charge in [-0.25, -0.2) is 0 Å². The van der Waals surface area contributed by atoms with E-state index in [4.69, 9.17) is 16.2 Å². The van der Waals surface area contributed by atoms with Crippen LogP contribution in [-0.2, 0) is 4.74 Å². The SMILES string of the molecule is COCC[C@@H](N)CCN. The fourth-order valence-corrected chi connectivity index (χ4v) is 0.628. The largest absolute Gasteiger partial charge is 0.385 e. The van der Waals surface area contributed by atoms with Gasteiger partial charge >= 0.3 is 0 Å². The maximum absolute atomic E-state index is 5.61. The van der Waals surface area contributed by atoms with Gasteiger partial charge in [-0.3, -0.25) is 0 Å². The van der Waals surface area contributed by atoms with Crippen LogP contribution in [-0.4, -0.2) is 26.3 Å². The van der Waals surface area contributed by atoms with Gasteiger partial charge in [0.1, 0.15) is 0 Å². The standard InChI is InChI=1S/C6H16N2O/c1-9-5-3-6(8)2-4-7/h6H,2-5,7-8H2,1H3/t6-/m0/s1. The third-order valence-corrected chi connectivity index (χ3v) is 1.23. The minimum atomic E-state index is 0.218. The fourth-order valence-electron chi connectivity index (χ4n) is 0.628. The van der Waals surface area contributed by atoms with E-state index < -0.39 is 0 Å². The van der Waals surface area contributed by atoms with Crippen LogP contribution in [0.5, 0.6) is 0 Å². The topological polar surface area (TPSA) is 61.3 Å². The zero-order chi connectivity index (χ0) is 7.11. The van der Waals surface area contributed by atoms with Crippen LogP contribution in [0.15, 0.2) is 0 Å². The van der Waals surface area contributed by atoms with Crippen LogP contribution in [0, 0.1) is 0 Å². The van der Waals surface area contributed by atoms with Crippen LogP contribution in [0.4, 0.5) is 0 Å². The normalized spacial score (nSPS) is 13.7. The van der Waals surface area contributed by atoms with Crippen molar-refractivity contribution >= 4 is 0 Å². The number of methoxy groups -OCH3 is 1. The van der Waals surface area contributed by atoms with E-state index in [-0.39, 0.29) is 6.04 Å². The van der Waals surface area contributed by atoms with E-state index in [2.05, 4.69) is 0 Å². The molecule has 0 aromatic rings. The zero-order valence-corrected chi connectivity index (χ0v) is 5.97. The molecule has 3 nitrogen and oxygen atoms in total. The Hall–Kier alpha value is -0.120. The molecule has 0 spiro atoms. The second-order valence-electron chi connectivity index (χ2n) is 2.12. The van der Waals surface area contributed by atoms with E-state index in [9.17, 15) is 0 Å². The Morgan fingerprint density at radius 1 is 1.44 bits per heavy atom. The highest BCUT2D eigenvalue weighted by molar-refractivity contribution is 4.59. The van der Waals surface area contributed by atoms with Gasteiger partial charge in [0.25, 0.3) is 0 Å². The van der Waals surface area contributed by atoms with Crippen molar-refractivity contribution in [1.29, 1.82) is 0 Å². The fraction of sp³-hybridized carbons (Fsp3) is 1.00. The van der Waals surface area contributed by atoms with Gasteiger partial charge in [0, 0.05) is 19.8 Å². The zero-order valence-electron chi connectivity index (χ0n) is 5.97. The molecule has 1 atom stereocenters. The quantitative estimate of drug-likeness (QED) is 0.540. The first-order valence-corrected chi connectivity index (χ1v) is 3.26. The van der Waals surface area contributed by atoms with E-state index in [1.54, 1.807) is 7.11 Å². The molecular formula is C6H16N2O. The first-order valence-electron chi connectivity index (χ1n) is 3.26. The molecule has 56 valence electrons. The summed E-state index contributed by atoms with van der Waals surface area (Å²) in [5, 5.41) is 0. The molecule has 0 radical (unpaired) electrons. The second kappa shape index (κ2) is 6.01. The summed E-state index contributed by atoms with van der Waals surface area (Å²) in [4.78, 5) is 0. The third kappa shape index (κ3) is 5.76. The number of ether oxygens (including phenoxy) is 1. The summed E-state index contributed by atoms with van der Waals surface area (Å²) < 4.78 is 4.84. The van der Waals surface area contributed by atoms with Gasteiger partial charge in [0.2, 0.25) is 0 Å². The van der Waals surface area contributed by atoms with E-state index >= 15 is 0 Å². The molecular weight excluding hydrogens is 116 g/mol. The Kier molecular flexibility index (Phi) is 5.93. The maximum atomic E-state index is 5.61. The maximum Gasteiger partial charge on any atom is 0.0477 e. The van der Waals surface area contributed by atoms with Crippen molar-refractivity contribution in [3.63, 3.8) is 0 Å². The molecule has 0 saturated heterocycles. The molecule has 0 aromatic heterocycles. The molecule has 0 rings (SSSR count). The van der Waals surface area contributed by atoms with Crippen molar-refractivity contribution in [3.8, 4) is 0 Å². The van der Waals surface area contributed by atoms with Crippen molar-refractivity contribution in [2.24, 2.45) is 11.5 Å². The predicted molar refractivity (Wildman–Crippen MR) is 38.1 cm³/mol. The molecule has 0 saturated carbocycles. The van der Waals surface area contributed by atoms with Gasteiger partial charge in [-0.05, 0) is 19.4 Å². The first kappa shape index (κ1) is 8.88. The van der Waals surface area contributed by atoms with Crippen LogP contribution in [0.2, 0.25) is 0 Å². The highest BCUT2D eigenvalue weighted by Crippen LogP contribution is 1.91. The lowest BCUT2D eigenvalue weighted by atomic mass is 10.2. The highest BCUT2D eigenvalue weighted by atomic mass is 16.5. The van der Waals surface area contributed by atoms with Crippen LogP contribution in [0.25, 0.3) is 0 Å². The van der Waals surface area contributed by atoms with Crippen molar-refractivity contribution in [2.75, 3.05) is 20.3 Å². The minimum absolute atomic E-state index is 0.218. The summed E-state index contributed by atoms with van der Waals surface area (Å²) in [5.41, 5.74) is 10.9. The van der Waals surface area contributed by atoms with Crippen molar-refractivity contribution < 1.29 is 4.74 Å². The molecule has 0 aliphatic rings. The molecule has 0 bridgehead atoms. The molecule has 0 aromatic carbocycles. The second-order valence-corrected chi connectivity index (χ2v) is 2.12. The van der Waals surface area contributed by atoms with Crippen LogP contribution < -0.4 is 11.5 Å². The number of hydrogen-bond acceptors (Lipinski definition) is 3. The molecule has 0 aliphatic carbocycles. The highest BCUT2D eigenvalue weighted by Gasteiger charge is 1.98. The summed E-state index contributed by atoms with van der Waals surface area (Å²) in [6, 6.07) is 0.218. The molecule has 3 heteroatoms. The molecule has 0 aliphatic heterocycles. The summed E-state index contributed by atoms with van der Waals surface area (Å²) >= 11 is 0. The summed E-state index contributed by atoms with van der Waals surface area (Å²) in [7, 11) is 1.68. The van der Waals surface area contributed by atoms with E-state index in [0.717, 1.165) is 19.4 Å². The van der Waals surface area contributed by atoms with Crippen LogP contribution in [0.3, 0.4) is 0 Å². The minimum Gasteiger partial charge on any atom is -0.385 e. The molecule has 0 fully saturated rings. The average Bonchev–Trinajstić information content (AvgIpc) is 1.85. The Labute approximate surface area is 56.4 Å². The Morgan fingerprint density at radius 2 is 2.11 bits per heavy atom. The van der Waals surface area contributed by atoms with Crippen LogP contribution >= 0.6 is 0 Å². The van der Waals surface area contributed by atoms with Crippen molar-refractivity contribution in [2.45, 2.75) is 18.9 Å². The van der Waals surface area contributed by atoms with Crippen molar-refractivity contribution in [1.82, 2.24) is 0 Å².